The van der Waals surface area contributed by atoms with Gasteiger partial charge in [0.1, 0.15) is 5.84 Å². The quantitative estimate of drug-likeness (QED) is 0.672. The second-order valence-corrected chi connectivity index (χ2v) is 4.94. The van der Waals surface area contributed by atoms with Gasteiger partial charge >= 0.3 is 0 Å². The summed E-state index contributed by atoms with van der Waals surface area (Å²) in [6.45, 7) is 7.00. The van der Waals surface area contributed by atoms with E-state index in [2.05, 4.69) is 64.3 Å². The van der Waals surface area contributed by atoms with Crippen molar-refractivity contribution in [1.29, 1.82) is 0 Å². The van der Waals surface area contributed by atoms with Crippen molar-refractivity contribution in [3.8, 4) is 0 Å². The van der Waals surface area contributed by atoms with Crippen LogP contribution in [0.15, 0.2) is 51.6 Å². The van der Waals surface area contributed by atoms with Crippen LogP contribution in [0.5, 0.6) is 0 Å². The van der Waals surface area contributed by atoms with Crippen molar-refractivity contribution < 1.29 is 0 Å². The van der Waals surface area contributed by atoms with Crippen molar-refractivity contribution >= 4 is 27.5 Å². The fourth-order valence-corrected chi connectivity index (χ4v) is 2.36. The maximum atomic E-state index is 4.70. The summed E-state index contributed by atoms with van der Waals surface area (Å²) in [5, 5.41) is 0. The Morgan fingerprint density at radius 1 is 1.28 bits per heavy atom. The molecule has 2 aliphatic rings. The van der Waals surface area contributed by atoms with Gasteiger partial charge in [0.15, 0.2) is 0 Å². The zero-order valence-corrected chi connectivity index (χ0v) is 12.5. The molecule has 0 saturated carbocycles. The van der Waals surface area contributed by atoms with Crippen LogP contribution < -0.4 is 0 Å². The van der Waals surface area contributed by atoms with E-state index in [1.165, 1.54) is 11.1 Å². The molecule has 3 heteroatoms. The van der Waals surface area contributed by atoms with Gasteiger partial charge in [-0.25, -0.2) is 4.99 Å². The van der Waals surface area contributed by atoms with E-state index in [9.17, 15) is 0 Å². The Morgan fingerprint density at radius 2 is 2.06 bits per heavy atom. The van der Waals surface area contributed by atoms with Gasteiger partial charge < -0.3 is 4.90 Å². The van der Waals surface area contributed by atoms with Gasteiger partial charge in [0, 0.05) is 10.7 Å². The van der Waals surface area contributed by atoms with Gasteiger partial charge in [-0.3, -0.25) is 0 Å². The predicted octanol–water partition coefficient (Wildman–Crippen LogP) is 4.79. The molecule has 0 saturated heterocycles. The molecule has 0 N–H and O–H groups in total. The number of rotatable bonds is 0. The van der Waals surface area contributed by atoms with Crippen LogP contribution >= 0.6 is 15.9 Å². The average molecular weight is 305 g/mol. The highest BCUT2D eigenvalue weighted by Gasteiger charge is 2.20. The van der Waals surface area contributed by atoms with Gasteiger partial charge in [-0.2, -0.15) is 0 Å². The highest BCUT2D eigenvalue weighted by Crippen LogP contribution is 2.31. The number of nitrogens with zero attached hydrogens (tertiary/aromatic N) is 2. The minimum Gasteiger partial charge on any atom is -0.328 e. The monoisotopic (exact) mass is 304 g/mol. The van der Waals surface area contributed by atoms with Gasteiger partial charge in [-0.15, -0.1) is 0 Å². The molecule has 94 valence electrons. The molecule has 0 fully saturated rings. The highest BCUT2D eigenvalue weighted by atomic mass is 79.9. The molecule has 18 heavy (non-hydrogen) atoms. The Hall–Kier alpha value is -1.35. The molecule has 0 amide bonds. The van der Waals surface area contributed by atoms with Gasteiger partial charge in [-0.1, -0.05) is 41.9 Å². The number of hydrogen-bond donors (Lipinski definition) is 0. The molecule has 0 aromatic heterocycles. The van der Waals surface area contributed by atoms with E-state index in [1.807, 2.05) is 13.8 Å². The molecule has 0 atom stereocenters. The molecule has 0 aliphatic carbocycles. The van der Waals surface area contributed by atoms with E-state index in [0.29, 0.717) is 0 Å². The lowest BCUT2D eigenvalue weighted by Crippen LogP contribution is -2.30. The zero-order chi connectivity index (χ0) is 13.1. The van der Waals surface area contributed by atoms with Gasteiger partial charge in [0.2, 0.25) is 0 Å². The largest absolute Gasteiger partial charge is 0.328 e. The molecular weight excluding hydrogens is 288 g/mol. The van der Waals surface area contributed by atoms with Crippen LogP contribution in [0.3, 0.4) is 0 Å². The van der Waals surface area contributed by atoms with E-state index >= 15 is 0 Å². The molecule has 0 bridgehead atoms. The molecule has 2 heterocycles. The summed E-state index contributed by atoms with van der Waals surface area (Å²) in [5.41, 5.74) is 3.56. The van der Waals surface area contributed by atoms with Crippen LogP contribution in [0.25, 0.3) is 0 Å². The van der Waals surface area contributed by atoms with Crippen molar-refractivity contribution in [3.63, 3.8) is 0 Å². The van der Waals surface area contributed by atoms with Crippen molar-refractivity contribution in [2.45, 2.75) is 27.3 Å². The van der Waals surface area contributed by atoms with Crippen molar-refractivity contribution in [2.75, 3.05) is 0 Å². The minimum atomic E-state index is 0.906. The fourth-order valence-electron chi connectivity index (χ4n) is 2.02. The van der Waals surface area contributed by atoms with Crippen LogP contribution in [0, 0.1) is 0 Å². The van der Waals surface area contributed by atoms with Crippen molar-refractivity contribution in [2.24, 2.45) is 4.99 Å². The first kappa shape index (κ1) is 13.1. The topological polar surface area (TPSA) is 15.6 Å². The number of benzene rings is 1. The lowest BCUT2D eigenvalue weighted by Gasteiger charge is -2.29. The summed E-state index contributed by atoms with van der Waals surface area (Å²) in [6, 6.07) is 6.27. The summed E-state index contributed by atoms with van der Waals surface area (Å²) >= 11 is 3.48. The van der Waals surface area contributed by atoms with Gasteiger partial charge in [0.05, 0.1) is 12.2 Å². The Kier molecular flexibility index (Phi) is 4.02. The number of hydrogen-bond acceptors (Lipinski definition) is 2. The first-order valence-corrected chi connectivity index (χ1v) is 7.02. The van der Waals surface area contributed by atoms with Gasteiger partial charge in [0.25, 0.3) is 0 Å². The van der Waals surface area contributed by atoms with E-state index in [0.717, 1.165) is 22.5 Å². The second kappa shape index (κ2) is 5.53. The molecular formula is C15H17BrN2. The summed E-state index contributed by atoms with van der Waals surface area (Å²) in [4.78, 5) is 6.89. The third-order valence-corrected chi connectivity index (χ3v) is 3.34. The summed E-state index contributed by atoms with van der Waals surface area (Å²) in [5.74, 6) is 1.06. The smallest absolute Gasteiger partial charge is 0.136 e. The Balaban J connectivity index is 0.000000574. The van der Waals surface area contributed by atoms with Crippen LogP contribution in [0.1, 0.15) is 26.3 Å². The third kappa shape index (κ3) is 2.41. The first-order valence-electron chi connectivity index (χ1n) is 6.23. The molecule has 2 nitrogen and oxygen atoms in total. The number of allylic oxidation sites excluding steroid dienone is 2. The van der Waals surface area contributed by atoms with E-state index in [-0.39, 0.29) is 0 Å². The molecule has 2 aliphatic heterocycles. The third-order valence-electron chi connectivity index (χ3n) is 2.85. The van der Waals surface area contributed by atoms with E-state index < -0.39 is 0 Å². The molecule has 0 radical (unpaired) electrons. The standard InChI is InChI=1S/C13H11BrN2.C2H6/c1-9-3-2-6-16-8-10-4-5-11(14)7-12(10)15-13(9)16;1-2/h2-7H,8H2,1H3;1-2H3. The number of halogens is 1. The van der Waals surface area contributed by atoms with Crippen LogP contribution in [0.2, 0.25) is 0 Å². The summed E-state index contributed by atoms with van der Waals surface area (Å²) in [7, 11) is 0. The van der Waals surface area contributed by atoms with Crippen LogP contribution in [-0.4, -0.2) is 10.7 Å². The first-order chi connectivity index (χ1) is 8.74. The predicted molar refractivity (Wildman–Crippen MR) is 81.0 cm³/mol. The van der Waals surface area contributed by atoms with Crippen LogP contribution in [0.4, 0.5) is 5.69 Å². The average Bonchev–Trinajstić information content (AvgIpc) is 2.40. The number of aliphatic imine (C=N–C) groups is 1. The van der Waals surface area contributed by atoms with Gasteiger partial charge in [-0.05, 0) is 36.3 Å². The SMILES string of the molecule is CC.CC1=CC=CN2Cc3ccc(Br)cc3N=C12. The number of amidine groups is 1. The summed E-state index contributed by atoms with van der Waals surface area (Å²) < 4.78 is 1.08. The van der Waals surface area contributed by atoms with E-state index in [1.54, 1.807) is 0 Å². The fraction of sp³-hybridized carbons (Fsp3) is 0.267. The Bertz CT molecular complexity index is 541. The lowest BCUT2D eigenvalue weighted by molar-refractivity contribution is 0.540. The molecule has 0 unspecified atom stereocenters. The lowest BCUT2D eigenvalue weighted by atomic mass is 10.1. The van der Waals surface area contributed by atoms with E-state index in [4.69, 9.17) is 4.99 Å². The second-order valence-electron chi connectivity index (χ2n) is 4.03. The number of fused-ring (bicyclic) bond motifs is 2. The molecule has 1 aromatic rings. The highest BCUT2D eigenvalue weighted by molar-refractivity contribution is 9.10. The molecule has 0 spiro atoms. The maximum absolute atomic E-state index is 4.70. The van der Waals surface area contributed by atoms with Crippen LogP contribution in [-0.2, 0) is 6.54 Å². The molecule has 1 aromatic carbocycles. The Labute approximate surface area is 117 Å². The maximum Gasteiger partial charge on any atom is 0.136 e. The van der Waals surface area contributed by atoms with Crippen molar-refractivity contribution in [1.82, 2.24) is 4.90 Å². The van der Waals surface area contributed by atoms with Crippen molar-refractivity contribution in [3.05, 3.63) is 52.2 Å². The summed E-state index contributed by atoms with van der Waals surface area (Å²) in [6.07, 6.45) is 6.24. The minimum absolute atomic E-state index is 0.906. The molecule has 3 rings (SSSR count). The Morgan fingerprint density at radius 3 is 2.83 bits per heavy atom. The normalized spacial score (nSPS) is 15.9. The zero-order valence-electron chi connectivity index (χ0n) is 10.9.